The highest BCUT2D eigenvalue weighted by atomic mass is 35.5. The van der Waals surface area contributed by atoms with Gasteiger partial charge in [0.2, 0.25) is 5.91 Å². The van der Waals surface area contributed by atoms with Crippen LogP contribution < -0.4 is 5.73 Å². The molecule has 5 nitrogen and oxygen atoms in total. The minimum atomic E-state index is -0.497. The Kier molecular flexibility index (Phi) is 11.1. The van der Waals surface area contributed by atoms with Crippen LogP contribution in [0.25, 0.3) is 0 Å². The van der Waals surface area contributed by atoms with E-state index in [0.717, 1.165) is 19.3 Å². The average molecular weight is 426 g/mol. The molecule has 28 heavy (non-hydrogen) atoms. The summed E-state index contributed by atoms with van der Waals surface area (Å²) in [7, 11) is 0. The van der Waals surface area contributed by atoms with Gasteiger partial charge in [0.25, 0.3) is 0 Å². The summed E-state index contributed by atoms with van der Waals surface area (Å²) in [4.78, 5) is 21.8. The predicted molar refractivity (Wildman–Crippen MR) is 112 cm³/mol. The van der Waals surface area contributed by atoms with Crippen LogP contribution in [0.1, 0.15) is 37.3 Å². The van der Waals surface area contributed by atoms with E-state index in [0.29, 0.717) is 18.6 Å². The van der Waals surface area contributed by atoms with Crippen LogP contribution in [0.15, 0.2) is 42.5 Å². The molecule has 2 aromatic rings. The molecule has 0 aliphatic rings. The molecule has 3 N–H and O–H groups in total. The molecule has 0 fully saturated rings. The molecule has 2 aromatic carbocycles. The van der Waals surface area contributed by atoms with Crippen molar-refractivity contribution >= 4 is 35.1 Å². The van der Waals surface area contributed by atoms with E-state index in [9.17, 15) is 9.59 Å². The summed E-state index contributed by atoms with van der Waals surface area (Å²) in [5, 5.41) is 9.56. The molecular weight excluding hydrogens is 401 g/mol. The fraction of sp³-hybridized carbons (Fsp3) is 0.333. The Morgan fingerprint density at radius 1 is 1.11 bits per heavy atom. The number of rotatable bonds is 8. The lowest BCUT2D eigenvalue weighted by Crippen LogP contribution is -2.13. The van der Waals surface area contributed by atoms with Crippen molar-refractivity contribution in [1.29, 1.82) is 0 Å². The lowest BCUT2D eigenvalue weighted by molar-refractivity contribution is -0.143. The number of carbonyl (C=O) groups is 2. The van der Waals surface area contributed by atoms with E-state index in [1.54, 1.807) is 0 Å². The monoisotopic (exact) mass is 425 g/mol. The van der Waals surface area contributed by atoms with E-state index in [4.69, 9.17) is 38.8 Å². The number of primary amides is 1. The van der Waals surface area contributed by atoms with Crippen LogP contribution >= 0.6 is 23.2 Å². The van der Waals surface area contributed by atoms with E-state index in [1.807, 2.05) is 30.3 Å². The minimum Gasteiger partial charge on any atom is -0.506 e. The number of esters is 1. The van der Waals surface area contributed by atoms with Gasteiger partial charge in [-0.15, -0.1) is 0 Å². The summed E-state index contributed by atoms with van der Waals surface area (Å²) < 4.78 is 5.07. The first-order chi connectivity index (χ1) is 13.3. The van der Waals surface area contributed by atoms with Gasteiger partial charge in [0.15, 0.2) is 0 Å². The fourth-order valence-corrected chi connectivity index (χ4v) is 2.61. The maximum Gasteiger partial charge on any atom is 0.306 e. The quantitative estimate of drug-likeness (QED) is 0.474. The second-order valence-corrected chi connectivity index (χ2v) is 6.91. The SMILES string of the molecule is CCCCOC(=O)CCc1ccccc1.NC(=O)Cc1cc(Cl)c(O)cc1Cl. The zero-order chi connectivity index (χ0) is 20.9. The Morgan fingerprint density at radius 3 is 2.39 bits per heavy atom. The number of hydrogen-bond donors (Lipinski definition) is 2. The maximum atomic E-state index is 11.3. The first-order valence-corrected chi connectivity index (χ1v) is 9.73. The lowest BCUT2D eigenvalue weighted by atomic mass is 10.1. The van der Waals surface area contributed by atoms with Crippen LogP contribution in [0.2, 0.25) is 10.0 Å². The summed E-state index contributed by atoms with van der Waals surface area (Å²) in [5.41, 5.74) is 6.67. The largest absolute Gasteiger partial charge is 0.506 e. The number of nitrogens with two attached hydrogens (primary N) is 1. The number of phenolic OH excluding ortho intramolecular Hbond substituents is 1. The third-order valence-corrected chi connectivity index (χ3v) is 4.36. The molecule has 0 aromatic heterocycles. The van der Waals surface area contributed by atoms with Crippen molar-refractivity contribution in [1.82, 2.24) is 0 Å². The summed E-state index contributed by atoms with van der Waals surface area (Å²) in [5.74, 6) is -0.698. The molecule has 2 rings (SSSR count). The van der Waals surface area contributed by atoms with Crippen LogP contribution in [0.4, 0.5) is 0 Å². The highest BCUT2D eigenvalue weighted by Gasteiger charge is 2.08. The number of unbranched alkanes of at least 4 members (excludes halogenated alkanes) is 1. The molecule has 7 heteroatoms. The van der Waals surface area contributed by atoms with E-state index in [-0.39, 0.29) is 28.2 Å². The smallest absolute Gasteiger partial charge is 0.306 e. The Morgan fingerprint density at radius 2 is 1.79 bits per heavy atom. The minimum absolute atomic E-state index is 0.0127. The molecule has 152 valence electrons. The number of aryl methyl sites for hydroxylation is 1. The fourth-order valence-electron chi connectivity index (χ4n) is 2.19. The molecule has 0 saturated carbocycles. The Hall–Kier alpha value is -2.24. The van der Waals surface area contributed by atoms with Gasteiger partial charge >= 0.3 is 5.97 Å². The van der Waals surface area contributed by atoms with Crippen LogP contribution in [-0.2, 0) is 27.2 Å². The number of aromatic hydroxyl groups is 1. The second kappa shape index (κ2) is 13.0. The number of benzene rings is 2. The summed E-state index contributed by atoms with van der Waals surface area (Å²) in [6.07, 6.45) is 3.28. The topological polar surface area (TPSA) is 89.6 Å². The molecule has 0 bridgehead atoms. The Balaban J connectivity index is 0.000000283. The Bertz CT molecular complexity index is 767. The van der Waals surface area contributed by atoms with Crippen molar-refractivity contribution in [3.63, 3.8) is 0 Å². The number of phenols is 1. The van der Waals surface area contributed by atoms with Crippen molar-refractivity contribution in [2.24, 2.45) is 5.73 Å². The predicted octanol–water partition coefficient (Wildman–Crippen LogP) is 4.69. The molecule has 0 aliphatic heterocycles. The van der Waals surface area contributed by atoms with Gasteiger partial charge < -0.3 is 15.6 Å². The van der Waals surface area contributed by atoms with Gasteiger partial charge in [0, 0.05) is 17.5 Å². The van der Waals surface area contributed by atoms with Crippen molar-refractivity contribution in [3.05, 3.63) is 63.6 Å². The molecule has 0 unspecified atom stereocenters. The first kappa shape index (κ1) is 23.8. The third-order valence-electron chi connectivity index (χ3n) is 3.70. The summed E-state index contributed by atoms with van der Waals surface area (Å²) in [6, 6.07) is 12.7. The van der Waals surface area contributed by atoms with Gasteiger partial charge in [-0.05, 0) is 30.0 Å². The third kappa shape index (κ3) is 9.62. The van der Waals surface area contributed by atoms with Crippen LogP contribution in [-0.4, -0.2) is 23.6 Å². The highest BCUT2D eigenvalue weighted by molar-refractivity contribution is 6.34. The van der Waals surface area contributed by atoms with Crippen molar-refractivity contribution in [2.45, 2.75) is 39.0 Å². The van der Waals surface area contributed by atoms with Gasteiger partial charge in [-0.1, -0.05) is 66.9 Å². The number of carbonyl (C=O) groups excluding carboxylic acids is 2. The highest BCUT2D eigenvalue weighted by Crippen LogP contribution is 2.30. The van der Waals surface area contributed by atoms with Crippen LogP contribution in [0, 0.1) is 0 Å². The van der Waals surface area contributed by atoms with Gasteiger partial charge in [0.05, 0.1) is 18.1 Å². The molecule has 1 amide bonds. The van der Waals surface area contributed by atoms with Crippen molar-refractivity contribution in [2.75, 3.05) is 6.61 Å². The number of amides is 1. The van der Waals surface area contributed by atoms with Crippen LogP contribution in [0.3, 0.4) is 0 Å². The number of ether oxygens (including phenoxy) is 1. The van der Waals surface area contributed by atoms with E-state index < -0.39 is 5.91 Å². The van der Waals surface area contributed by atoms with E-state index in [1.165, 1.54) is 17.7 Å². The molecule has 0 atom stereocenters. The van der Waals surface area contributed by atoms with E-state index >= 15 is 0 Å². The second-order valence-electron chi connectivity index (χ2n) is 6.10. The van der Waals surface area contributed by atoms with Crippen LogP contribution in [0.5, 0.6) is 5.75 Å². The van der Waals surface area contributed by atoms with Gasteiger partial charge in [-0.25, -0.2) is 0 Å². The van der Waals surface area contributed by atoms with Crippen molar-refractivity contribution in [3.8, 4) is 5.75 Å². The lowest BCUT2D eigenvalue weighted by Gasteiger charge is -2.03. The molecule has 0 spiro atoms. The standard InChI is InChI=1S/C13H18O2.C8H7Cl2NO2/c1-2-3-11-15-13(14)10-9-12-7-5-4-6-8-12;9-5-3-7(12)6(10)1-4(5)2-8(11)13/h4-8H,2-3,9-11H2,1H3;1,3,12H,2H2,(H2,11,13). The molecule has 0 heterocycles. The molecular formula is C21H25Cl2NO4. The maximum absolute atomic E-state index is 11.3. The normalized spacial score (nSPS) is 9.96. The first-order valence-electron chi connectivity index (χ1n) is 8.98. The summed E-state index contributed by atoms with van der Waals surface area (Å²) in [6.45, 7) is 2.64. The summed E-state index contributed by atoms with van der Waals surface area (Å²) >= 11 is 11.3. The van der Waals surface area contributed by atoms with Gasteiger partial charge in [-0.3, -0.25) is 9.59 Å². The number of hydrogen-bond acceptors (Lipinski definition) is 4. The van der Waals surface area contributed by atoms with Gasteiger partial charge in [-0.2, -0.15) is 0 Å². The Labute approximate surface area is 175 Å². The molecule has 0 saturated heterocycles. The zero-order valence-electron chi connectivity index (χ0n) is 15.8. The van der Waals surface area contributed by atoms with E-state index in [2.05, 4.69) is 6.92 Å². The van der Waals surface area contributed by atoms with Crippen molar-refractivity contribution < 1.29 is 19.4 Å². The zero-order valence-corrected chi connectivity index (χ0v) is 17.3. The average Bonchev–Trinajstić information content (AvgIpc) is 2.66. The molecule has 0 radical (unpaired) electrons. The van der Waals surface area contributed by atoms with Gasteiger partial charge in [0.1, 0.15) is 5.75 Å². The molecule has 0 aliphatic carbocycles. The number of halogens is 2.